The Morgan fingerprint density at radius 3 is 2.78 bits per heavy atom. The number of benzene rings is 1. The molecule has 0 radical (unpaired) electrons. The van der Waals surface area contributed by atoms with Crippen LogP contribution in [0.3, 0.4) is 0 Å². The van der Waals surface area contributed by atoms with Crippen LogP contribution in [-0.2, 0) is 0 Å². The number of rotatable bonds is 5. The van der Waals surface area contributed by atoms with Crippen LogP contribution in [0.5, 0.6) is 0 Å². The first-order valence-corrected chi connectivity index (χ1v) is 6.46. The molecule has 1 fully saturated rings. The van der Waals surface area contributed by atoms with Crippen molar-refractivity contribution >= 4 is 11.6 Å². The number of hydrogen-bond acceptors (Lipinski definition) is 2. The number of carbonyl (C=O) groups is 1. The predicted molar refractivity (Wildman–Crippen MR) is 69.7 cm³/mol. The van der Waals surface area contributed by atoms with Gasteiger partial charge < -0.3 is 10.6 Å². The number of anilines is 1. The van der Waals surface area contributed by atoms with Crippen LogP contribution in [-0.4, -0.2) is 23.9 Å². The molecule has 18 heavy (non-hydrogen) atoms. The average Bonchev–Trinajstić information content (AvgIpc) is 3.15. The second-order valence-corrected chi connectivity index (χ2v) is 4.93. The zero-order valence-corrected chi connectivity index (χ0v) is 10.7. The highest BCUT2D eigenvalue weighted by Gasteiger charge is 2.27. The second kappa shape index (κ2) is 5.38. The molecule has 0 heterocycles. The first-order chi connectivity index (χ1) is 8.61. The van der Waals surface area contributed by atoms with E-state index in [2.05, 4.69) is 0 Å². The first-order valence-electron chi connectivity index (χ1n) is 6.46. The summed E-state index contributed by atoms with van der Waals surface area (Å²) in [6, 6.07) is 4.18. The smallest absolute Gasteiger partial charge is 0.253 e. The van der Waals surface area contributed by atoms with E-state index in [4.69, 9.17) is 5.73 Å². The summed E-state index contributed by atoms with van der Waals surface area (Å²) in [6.07, 6.45) is 3.34. The van der Waals surface area contributed by atoms with Gasteiger partial charge in [-0.15, -0.1) is 0 Å². The summed E-state index contributed by atoms with van der Waals surface area (Å²) in [6.45, 7) is 3.60. The van der Waals surface area contributed by atoms with Crippen LogP contribution in [0, 0.1) is 11.7 Å². The van der Waals surface area contributed by atoms with Gasteiger partial charge in [-0.1, -0.05) is 6.92 Å². The van der Waals surface area contributed by atoms with E-state index in [-0.39, 0.29) is 11.6 Å². The highest BCUT2D eigenvalue weighted by atomic mass is 19.1. The quantitative estimate of drug-likeness (QED) is 0.817. The van der Waals surface area contributed by atoms with Crippen LogP contribution in [0.1, 0.15) is 36.5 Å². The van der Waals surface area contributed by atoms with E-state index in [0.717, 1.165) is 19.5 Å². The summed E-state index contributed by atoms with van der Waals surface area (Å²) in [7, 11) is 0. The zero-order chi connectivity index (χ0) is 13.1. The fourth-order valence-electron chi connectivity index (χ4n) is 2.02. The third kappa shape index (κ3) is 3.00. The molecule has 1 aliphatic rings. The van der Waals surface area contributed by atoms with Crippen LogP contribution in [0.15, 0.2) is 18.2 Å². The van der Waals surface area contributed by atoms with Gasteiger partial charge in [-0.3, -0.25) is 4.79 Å². The predicted octanol–water partition coefficient (Wildman–Crippen LogP) is 2.67. The Morgan fingerprint density at radius 1 is 1.50 bits per heavy atom. The molecule has 98 valence electrons. The van der Waals surface area contributed by atoms with Gasteiger partial charge in [-0.25, -0.2) is 4.39 Å². The normalized spacial score (nSPS) is 14.6. The Labute approximate surface area is 107 Å². The molecule has 1 amide bonds. The Morgan fingerprint density at radius 2 is 2.22 bits per heavy atom. The molecule has 0 unspecified atom stereocenters. The molecule has 1 aromatic carbocycles. The van der Waals surface area contributed by atoms with Gasteiger partial charge in [0.05, 0.1) is 5.69 Å². The molecule has 4 heteroatoms. The first kappa shape index (κ1) is 12.9. The van der Waals surface area contributed by atoms with Crippen molar-refractivity contribution in [2.45, 2.75) is 26.2 Å². The van der Waals surface area contributed by atoms with Gasteiger partial charge in [0.25, 0.3) is 5.91 Å². The van der Waals surface area contributed by atoms with Gasteiger partial charge in [-0.05, 0) is 43.4 Å². The number of amides is 1. The number of halogens is 1. The van der Waals surface area contributed by atoms with Gasteiger partial charge in [0, 0.05) is 18.7 Å². The Hall–Kier alpha value is -1.58. The van der Waals surface area contributed by atoms with E-state index in [1.807, 2.05) is 11.8 Å². The Bertz CT molecular complexity index is 443. The molecule has 0 saturated heterocycles. The average molecular weight is 250 g/mol. The van der Waals surface area contributed by atoms with Crippen molar-refractivity contribution in [2.75, 3.05) is 18.8 Å². The minimum atomic E-state index is -0.476. The van der Waals surface area contributed by atoms with E-state index >= 15 is 0 Å². The van der Waals surface area contributed by atoms with Crippen LogP contribution in [0.25, 0.3) is 0 Å². The lowest BCUT2D eigenvalue weighted by Crippen LogP contribution is -2.33. The van der Waals surface area contributed by atoms with Crippen LogP contribution in [0.2, 0.25) is 0 Å². The van der Waals surface area contributed by atoms with Crippen LogP contribution >= 0.6 is 0 Å². The minimum Gasteiger partial charge on any atom is -0.396 e. The number of hydrogen-bond donors (Lipinski definition) is 1. The molecular formula is C14H19FN2O. The number of carbonyl (C=O) groups excluding carboxylic acids is 1. The highest BCUT2D eigenvalue weighted by molar-refractivity contribution is 5.95. The standard InChI is InChI=1S/C14H19FN2O/c1-2-7-17(9-10-3-4-10)14(18)11-5-6-12(15)13(16)8-11/h5-6,8,10H,2-4,7,9,16H2,1H3. The summed E-state index contributed by atoms with van der Waals surface area (Å²) < 4.78 is 13.1. The van der Waals surface area contributed by atoms with Crippen molar-refractivity contribution in [3.8, 4) is 0 Å². The molecule has 2 rings (SSSR count). The van der Waals surface area contributed by atoms with E-state index in [1.54, 1.807) is 0 Å². The molecule has 0 aliphatic heterocycles. The Kier molecular flexibility index (Phi) is 3.84. The topological polar surface area (TPSA) is 46.3 Å². The maximum Gasteiger partial charge on any atom is 0.253 e. The Balaban J connectivity index is 2.12. The SMILES string of the molecule is CCCN(CC1CC1)C(=O)c1ccc(F)c(N)c1. The van der Waals surface area contributed by atoms with Crippen molar-refractivity contribution in [1.82, 2.24) is 4.90 Å². The number of nitrogens with two attached hydrogens (primary N) is 1. The van der Waals surface area contributed by atoms with Crippen LogP contribution in [0.4, 0.5) is 10.1 Å². The van der Waals surface area contributed by atoms with Crippen molar-refractivity contribution in [1.29, 1.82) is 0 Å². The van der Waals surface area contributed by atoms with E-state index in [9.17, 15) is 9.18 Å². The molecule has 3 nitrogen and oxygen atoms in total. The summed E-state index contributed by atoms with van der Waals surface area (Å²) >= 11 is 0. The second-order valence-electron chi connectivity index (χ2n) is 4.93. The molecule has 0 aromatic heterocycles. The van der Waals surface area contributed by atoms with Gasteiger partial charge in [0.1, 0.15) is 5.82 Å². The van der Waals surface area contributed by atoms with Crippen molar-refractivity contribution in [3.05, 3.63) is 29.6 Å². The van der Waals surface area contributed by atoms with E-state index in [0.29, 0.717) is 11.5 Å². The monoisotopic (exact) mass is 250 g/mol. The van der Waals surface area contributed by atoms with Gasteiger partial charge >= 0.3 is 0 Å². The summed E-state index contributed by atoms with van der Waals surface area (Å²) in [5.41, 5.74) is 6.01. The zero-order valence-electron chi connectivity index (χ0n) is 10.7. The summed E-state index contributed by atoms with van der Waals surface area (Å²) in [4.78, 5) is 14.2. The minimum absolute atomic E-state index is 0.0312. The van der Waals surface area contributed by atoms with Gasteiger partial charge in [0.15, 0.2) is 0 Å². The number of nitrogens with zero attached hydrogens (tertiary/aromatic N) is 1. The van der Waals surface area contributed by atoms with Crippen molar-refractivity contribution in [3.63, 3.8) is 0 Å². The summed E-state index contributed by atoms with van der Waals surface area (Å²) in [5.74, 6) is 0.129. The summed E-state index contributed by atoms with van der Waals surface area (Å²) in [5, 5.41) is 0. The fourth-order valence-corrected chi connectivity index (χ4v) is 2.02. The lowest BCUT2D eigenvalue weighted by atomic mass is 10.1. The lowest BCUT2D eigenvalue weighted by molar-refractivity contribution is 0.0747. The molecule has 0 spiro atoms. The molecule has 1 aliphatic carbocycles. The maximum atomic E-state index is 13.1. The van der Waals surface area contributed by atoms with Crippen molar-refractivity contribution < 1.29 is 9.18 Å². The number of nitrogen functional groups attached to an aromatic ring is 1. The molecule has 2 N–H and O–H groups in total. The maximum absolute atomic E-state index is 13.1. The van der Waals surface area contributed by atoms with Crippen LogP contribution < -0.4 is 5.73 Å². The molecule has 0 atom stereocenters. The third-order valence-electron chi connectivity index (χ3n) is 3.20. The molecule has 0 bridgehead atoms. The van der Waals surface area contributed by atoms with E-state index in [1.165, 1.54) is 31.0 Å². The van der Waals surface area contributed by atoms with Gasteiger partial charge in [0.2, 0.25) is 0 Å². The molecule has 1 saturated carbocycles. The van der Waals surface area contributed by atoms with Crippen molar-refractivity contribution in [2.24, 2.45) is 5.92 Å². The molecule has 1 aromatic rings. The largest absolute Gasteiger partial charge is 0.396 e. The molecular weight excluding hydrogens is 231 g/mol. The lowest BCUT2D eigenvalue weighted by Gasteiger charge is -2.22. The highest BCUT2D eigenvalue weighted by Crippen LogP contribution is 2.30. The third-order valence-corrected chi connectivity index (χ3v) is 3.20. The van der Waals surface area contributed by atoms with E-state index < -0.39 is 5.82 Å². The fraction of sp³-hybridized carbons (Fsp3) is 0.500. The van der Waals surface area contributed by atoms with Gasteiger partial charge in [-0.2, -0.15) is 0 Å².